The summed E-state index contributed by atoms with van der Waals surface area (Å²) in [4.78, 5) is 9.47. The molecule has 110 valence electrons. The summed E-state index contributed by atoms with van der Waals surface area (Å²) < 4.78 is 1.07. The van der Waals surface area contributed by atoms with E-state index >= 15 is 0 Å². The van der Waals surface area contributed by atoms with Gasteiger partial charge >= 0.3 is 0 Å². The first-order valence-electron chi connectivity index (χ1n) is 7.32. The maximum Gasteiger partial charge on any atom is 0.162 e. The number of nitrogens with two attached hydrogens (primary N) is 1. The van der Waals surface area contributed by atoms with E-state index in [0.29, 0.717) is 0 Å². The Hall–Kier alpha value is -1.46. The van der Waals surface area contributed by atoms with Crippen molar-refractivity contribution in [1.29, 1.82) is 0 Å². The van der Waals surface area contributed by atoms with E-state index in [4.69, 9.17) is 10.8 Å². The van der Waals surface area contributed by atoms with Crippen molar-refractivity contribution < 1.29 is 0 Å². The molecule has 0 unspecified atom stereocenters. The number of aromatic nitrogens is 2. The van der Waals surface area contributed by atoms with Gasteiger partial charge in [-0.15, -0.1) is 0 Å². The van der Waals surface area contributed by atoms with Crippen LogP contribution in [-0.4, -0.2) is 9.97 Å². The number of nitrogens with one attached hydrogen (secondary N) is 1. The molecule has 3 rings (SSSR count). The normalized spacial score (nSPS) is 14.4. The zero-order valence-corrected chi connectivity index (χ0v) is 13.7. The van der Waals surface area contributed by atoms with Crippen LogP contribution in [0.3, 0.4) is 0 Å². The molecule has 4 nitrogen and oxygen atoms in total. The van der Waals surface area contributed by atoms with Gasteiger partial charge in [-0.25, -0.2) is 15.8 Å². The number of aryl methyl sites for hydroxylation is 2. The minimum atomic E-state index is 0.758. The summed E-state index contributed by atoms with van der Waals surface area (Å²) in [6.07, 6.45) is 5.63. The number of hydrogen-bond acceptors (Lipinski definition) is 4. The fraction of sp³-hybridized carbons (Fsp3) is 0.375. The number of hydrazine groups is 1. The zero-order valence-electron chi connectivity index (χ0n) is 12.1. The van der Waals surface area contributed by atoms with Gasteiger partial charge in [-0.2, -0.15) is 0 Å². The van der Waals surface area contributed by atoms with Crippen LogP contribution in [0.2, 0.25) is 0 Å². The highest BCUT2D eigenvalue weighted by molar-refractivity contribution is 9.10. The Balaban J connectivity index is 2.13. The van der Waals surface area contributed by atoms with Crippen LogP contribution in [0, 0.1) is 6.92 Å². The zero-order chi connectivity index (χ0) is 14.8. The fourth-order valence-corrected chi connectivity index (χ4v) is 3.36. The van der Waals surface area contributed by atoms with Crippen molar-refractivity contribution in [2.24, 2.45) is 5.84 Å². The highest BCUT2D eigenvalue weighted by atomic mass is 79.9. The number of benzene rings is 1. The van der Waals surface area contributed by atoms with E-state index in [9.17, 15) is 0 Å². The maximum atomic E-state index is 5.69. The highest BCUT2D eigenvalue weighted by Crippen LogP contribution is 2.29. The van der Waals surface area contributed by atoms with Crippen LogP contribution in [-0.2, 0) is 12.8 Å². The molecular weight excluding hydrogens is 328 g/mol. The summed E-state index contributed by atoms with van der Waals surface area (Å²) in [7, 11) is 0. The second kappa shape index (κ2) is 6.12. The summed E-state index contributed by atoms with van der Waals surface area (Å²) in [5.74, 6) is 7.22. The molecule has 0 saturated heterocycles. The third-order valence-electron chi connectivity index (χ3n) is 4.00. The molecule has 1 aromatic carbocycles. The molecule has 0 atom stereocenters. The van der Waals surface area contributed by atoms with Gasteiger partial charge in [0.2, 0.25) is 0 Å². The summed E-state index contributed by atoms with van der Waals surface area (Å²) in [6, 6.07) is 6.16. The lowest BCUT2D eigenvalue weighted by atomic mass is 10.1. The van der Waals surface area contributed by atoms with Crippen molar-refractivity contribution in [3.63, 3.8) is 0 Å². The Morgan fingerprint density at radius 1 is 1.14 bits per heavy atom. The molecule has 1 heterocycles. The lowest BCUT2D eigenvalue weighted by Crippen LogP contribution is -2.14. The van der Waals surface area contributed by atoms with Gasteiger partial charge in [0.15, 0.2) is 5.82 Å². The SMILES string of the molecule is Cc1cc(Br)ccc1-c1nc2c(c(NN)n1)CCCCC2. The Kier molecular flexibility index (Phi) is 4.22. The molecule has 0 spiro atoms. The number of halogens is 1. The van der Waals surface area contributed by atoms with Crippen LogP contribution in [0.15, 0.2) is 22.7 Å². The van der Waals surface area contributed by atoms with Crippen molar-refractivity contribution in [3.05, 3.63) is 39.5 Å². The van der Waals surface area contributed by atoms with E-state index in [1.54, 1.807) is 0 Å². The number of nitrogens with zero attached hydrogens (tertiary/aromatic N) is 2. The van der Waals surface area contributed by atoms with E-state index in [1.165, 1.54) is 24.8 Å². The molecule has 1 aliphatic rings. The second-order valence-electron chi connectivity index (χ2n) is 5.49. The first kappa shape index (κ1) is 14.5. The molecule has 1 aromatic heterocycles. The van der Waals surface area contributed by atoms with Crippen molar-refractivity contribution in [2.45, 2.75) is 39.0 Å². The molecule has 5 heteroatoms. The monoisotopic (exact) mass is 346 g/mol. The number of anilines is 1. The number of hydrogen-bond donors (Lipinski definition) is 2. The molecule has 0 bridgehead atoms. The van der Waals surface area contributed by atoms with Gasteiger partial charge in [0, 0.05) is 21.3 Å². The largest absolute Gasteiger partial charge is 0.308 e. The number of fused-ring (bicyclic) bond motifs is 1. The first-order valence-corrected chi connectivity index (χ1v) is 8.11. The molecule has 0 radical (unpaired) electrons. The average molecular weight is 347 g/mol. The van der Waals surface area contributed by atoms with Crippen molar-refractivity contribution in [2.75, 3.05) is 5.43 Å². The van der Waals surface area contributed by atoms with Gasteiger partial charge in [-0.3, -0.25) is 0 Å². The third kappa shape index (κ3) is 2.94. The minimum Gasteiger partial charge on any atom is -0.308 e. The molecule has 0 fully saturated rings. The van der Waals surface area contributed by atoms with Crippen LogP contribution in [0.4, 0.5) is 5.82 Å². The van der Waals surface area contributed by atoms with Gasteiger partial charge in [0.05, 0.1) is 0 Å². The first-order chi connectivity index (χ1) is 10.2. The second-order valence-corrected chi connectivity index (χ2v) is 6.40. The molecular formula is C16H19BrN4. The van der Waals surface area contributed by atoms with Gasteiger partial charge in [0.1, 0.15) is 5.82 Å². The molecule has 1 aliphatic carbocycles. The van der Waals surface area contributed by atoms with E-state index in [1.807, 2.05) is 6.07 Å². The highest BCUT2D eigenvalue weighted by Gasteiger charge is 2.17. The van der Waals surface area contributed by atoms with Gasteiger partial charge < -0.3 is 5.43 Å². The Morgan fingerprint density at radius 3 is 2.71 bits per heavy atom. The van der Waals surface area contributed by atoms with Crippen LogP contribution in [0.5, 0.6) is 0 Å². The van der Waals surface area contributed by atoms with Crippen molar-refractivity contribution in [3.8, 4) is 11.4 Å². The van der Waals surface area contributed by atoms with E-state index in [0.717, 1.165) is 45.8 Å². The Labute approximate surface area is 133 Å². The summed E-state index contributed by atoms with van der Waals surface area (Å²) in [5.41, 5.74) is 7.31. The van der Waals surface area contributed by atoms with Crippen LogP contribution in [0.25, 0.3) is 11.4 Å². The molecule has 0 amide bonds. The molecule has 3 N–H and O–H groups in total. The standard InChI is InChI=1S/C16H19BrN4/c1-10-9-11(17)7-8-12(10)15-19-14-6-4-2-3-5-13(14)16(20-15)21-18/h7-9H,2-6,18H2,1H3,(H,19,20,21). The van der Waals surface area contributed by atoms with Crippen LogP contribution >= 0.6 is 15.9 Å². The van der Waals surface area contributed by atoms with Gasteiger partial charge in [-0.1, -0.05) is 22.4 Å². The Morgan fingerprint density at radius 2 is 1.95 bits per heavy atom. The van der Waals surface area contributed by atoms with E-state index < -0.39 is 0 Å². The summed E-state index contributed by atoms with van der Waals surface area (Å²) in [6.45, 7) is 2.07. The van der Waals surface area contributed by atoms with E-state index in [-0.39, 0.29) is 0 Å². The summed E-state index contributed by atoms with van der Waals surface area (Å²) in [5, 5.41) is 0. The van der Waals surface area contributed by atoms with Crippen molar-refractivity contribution >= 4 is 21.7 Å². The number of nitrogen functional groups attached to an aromatic ring is 1. The average Bonchev–Trinajstić information content (AvgIpc) is 2.71. The maximum absolute atomic E-state index is 5.69. The minimum absolute atomic E-state index is 0.758. The predicted molar refractivity (Wildman–Crippen MR) is 89.0 cm³/mol. The Bertz CT molecular complexity index is 670. The molecule has 2 aromatic rings. The van der Waals surface area contributed by atoms with Gasteiger partial charge in [0.25, 0.3) is 0 Å². The molecule has 21 heavy (non-hydrogen) atoms. The smallest absolute Gasteiger partial charge is 0.162 e. The third-order valence-corrected chi connectivity index (χ3v) is 4.49. The fourth-order valence-electron chi connectivity index (χ4n) is 2.89. The number of rotatable bonds is 2. The van der Waals surface area contributed by atoms with Crippen LogP contribution in [0.1, 0.15) is 36.1 Å². The summed E-state index contributed by atoms with van der Waals surface area (Å²) >= 11 is 3.49. The lowest BCUT2D eigenvalue weighted by molar-refractivity contribution is 0.709. The quantitative estimate of drug-likeness (QED) is 0.493. The van der Waals surface area contributed by atoms with Crippen molar-refractivity contribution in [1.82, 2.24) is 9.97 Å². The lowest BCUT2D eigenvalue weighted by Gasteiger charge is -2.14. The topological polar surface area (TPSA) is 63.8 Å². The van der Waals surface area contributed by atoms with Crippen LogP contribution < -0.4 is 11.3 Å². The molecule has 0 saturated carbocycles. The van der Waals surface area contributed by atoms with Gasteiger partial charge in [-0.05, 0) is 56.4 Å². The molecule has 0 aliphatic heterocycles. The predicted octanol–water partition coefficient (Wildman–Crippen LogP) is 3.77. The van der Waals surface area contributed by atoms with E-state index in [2.05, 4.69) is 45.4 Å².